The van der Waals surface area contributed by atoms with Crippen LogP contribution >= 0.6 is 11.6 Å². The summed E-state index contributed by atoms with van der Waals surface area (Å²) in [7, 11) is 0. The Kier molecular flexibility index (Phi) is 4.22. The van der Waals surface area contributed by atoms with E-state index in [1.54, 1.807) is 0 Å². The maximum absolute atomic E-state index is 5.84. The normalized spacial score (nSPS) is 24.2. The first kappa shape index (κ1) is 11.9. The van der Waals surface area contributed by atoms with Crippen LogP contribution in [-0.4, -0.2) is 36.6 Å². The number of nitrogens with zero attached hydrogens (tertiary/aromatic N) is 1. The minimum absolute atomic E-state index is 0.182. The lowest BCUT2D eigenvalue weighted by molar-refractivity contribution is -0.0302. The van der Waals surface area contributed by atoms with Gasteiger partial charge in [0.2, 0.25) is 0 Å². The lowest BCUT2D eigenvalue weighted by Gasteiger charge is -2.36. The molecule has 1 aromatic rings. The average molecular weight is 240 g/mol. The van der Waals surface area contributed by atoms with Gasteiger partial charge in [0.05, 0.1) is 12.7 Å². The summed E-state index contributed by atoms with van der Waals surface area (Å²) >= 11 is 5.84. The maximum Gasteiger partial charge on any atom is 0.0837 e. The molecule has 1 aromatic carbocycles. The Morgan fingerprint density at radius 2 is 2.19 bits per heavy atom. The molecule has 1 saturated heterocycles. The van der Waals surface area contributed by atoms with E-state index in [2.05, 4.69) is 42.2 Å². The van der Waals surface area contributed by atoms with Crippen molar-refractivity contribution in [2.24, 2.45) is 0 Å². The van der Waals surface area contributed by atoms with E-state index in [1.807, 2.05) is 0 Å². The zero-order chi connectivity index (χ0) is 11.4. The number of morpholine rings is 1. The molecule has 0 saturated carbocycles. The van der Waals surface area contributed by atoms with Crippen LogP contribution in [-0.2, 0) is 4.74 Å². The van der Waals surface area contributed by atoms with Crippen LogP contribution in [0.2, 0.25) is 0 Å². The second-order valence-electron chi connectivity index (χ2n) is 4.23. The number of hydrogen-bond acceptors (Lipinski definition) is 2. The molecule has 0 bridgehead atoms. The van der Waals surface area contributed by atoms with Crippen LogP contribution in [0.5, 0.6) is 0 Å². The zero-order valence-corrected chi connectivity index (χ0v) is 10.4. The van der Waals surface area contributed by atoms with Crippen LogP contribution in [0, 0.1) is 0 Å². The van der Waals surface area contributed by atoms with Gasteiger partial charge in [0.25, 0.3) is 0 Å². The van der Waals surface area contributed by atoms with Gasteiger partial charge in [-0.2, -0.15) is 0 Å². The summed E-state index contributed by atoms with van der Waals surface area (Å²) in [5.74, 6) is 0.581. The summed E-state index contributed by atoms with van der Waals surface area (Å²) in [6, 6.07) is 11.0. The Bertz CT molecular complexity index is 317. The third-order valence-corrected chi connectivity index (χ3v) is 3.52. The highest BCUT2D eigenvalue weighted by Gasteiger charge is 2.23. The molecule has 0 amide bonds. The maximum atomic E-state index is 5.84. The van der Waals surface area contributed by atoms with Crippen LogP contribution in [0.15, 0.2) is 30.3 Å². The van der Waals surface area contributed by atoms with Gasteiger partial charge in [0.1, 0.15) is 0 Å². The predicted octanol–water partition coefficient (Wildman–Crippen LogP) is 2.69. The number of hydrogen-bond donors (Lipinski definition) is 0. The van der Waals surface area contributed by atoms with Gasteiger partial charge >= 0.3 is 0 Å². The van der Waals surface area contributed by atoms with Crippen LogP contribution in [0.25, 0.3) is 0 Å². The standard InChI is InChI=1S/C13H18ClNO/c1-11(12-5-3-2-4-6-12)15-7-8-16-13(9-14)10-15/h2-6,11,13H,7-10H2,1H3. The minimum atomic E-state index is 0.182. The molecule has 3 heteroatoms. The van der Waals surface area contributed by atoms with Gasteiger partial charge < -0.3 is 4.74 Å². The smallest absolute Gasteiger partial charge is 0.0837 e. The van der Waals surface area contributed by atoms with Crippen molar-refractivity contribution >= 4 is 11.6 Å². The lowest BCUT2D eigenvalue weighted by atomic mass is 10.1. The second-order valence-corrected chi connectivity index (χ2v) is 4.54. The van der Waals surface area contributed by atoms with Crippen molar-refractivity contribution in [2.45, 2.75) is 19.1 Å². The number of halogens is 1. The van der Waals surface area contributed by atoms with Crippen molar-refractivity contribution in [3.63, 3.8) is 0 Å². The molecule has 2 nitrogen and oxygen atoms in total. The van der Waals surface area contributed by atoms with E-state index in [1.165, 1.54) is 5.56 Å². The lowest BCUT2D eigenvalue weighted by Crippen LogP contribution is -2.44. The van der Waals surface area contributed by atoms with Gasteiger partial charge in [-0.15, -0.1) is 11.6 Å². The van der Waals surface area contributed by atoms with E-state index in [0.29, 0.717) is 11.9 Å². The molecule has 2 unspecified atom stereocenters. The first-order chi connectivity index (χ1) is 7.81. The largest absolute Gasteiger partial charge is 0.374 e. The van der Waals surface area contributed by atoms with E-state index >= 15 is 0 Å². The SMILES string of the molecule is CC(c1ccccc1)N1CCOC(CCl)C1. The van der Waals surface area contributed by atoms with Gasteiger partial charge in [-0.1, -0.05) is 30.3 Å². The molecule has 16 heavy (non-hydrogen) atoms. The van der Waals surface area contributed by atoms with E-state index in [-0.39, 0.29) is 6.10 Å². The first-order valence-corrected chi connectivity index (χ1v) is 6.31. The number of rotatable bonds is 3. The molecule has 0 radical (unpaired) electrons. The highest BCUT2D eigenvalue weighted by Crippen LogP contribution is 2.22. The molecular weight excluding hydrogens is 222 g/mol. The summed E-state index contributed by atoms with van der Waals surface area (Å²) in [4.78, 5) is 2.44. The van der Waals surface area contributed by atoms with Crippen LogP contribution in [0.4, 0.5) is 0 Å². The van der Waals surface area contributed by atoms with Gasteiger partial charge in [0.15, 0.2) is 0 Å². The molecule has 1 aliphatic heterocycles. The van der Waals surface area contributed by atoms with Gasteiger partial charge in [0, 0.05) is 25.0 Å². The fourth-order valence-corrected chi connectivity index (χ4v) is 2.32. The zero-order valence-electron chi connectivity index (χ0n) is 9.60. The minimum Gasteiger partial charge on any atom is -0.374 e. The molecule has 1 fully saturated rings. The van der Waals surface area contributed by atoms with Crippen LogP contribution in [0.1, 0.15) is 18.5 Å². The number of ether oxygens (including phenoxy) is 1. The van der Waals surface area contributed by atoms with Gasteiger partial charge in [-0.25, -0.2) is 0 Å². The Balaban J connectivity index is 2.01. The quantitative estimate of drug-likeness (QED) is 0.752. The molecular formula is C13H18ClNO. The molecule has 0 aliphatic carbocycles. The predicted molar refractivity (Wildman–Crippen MR) is 66.9 cm³/mol. The van der Waals surface area contributed by atoms with Crippen LogP contribution < -0.4 is 0 Å². The Morgan fingerprint density at radius 1 is 1.44 bits per heavy atom. The Morgan fingerprint density at radius 3 is 2.88 bits per heavy atom. The summed E-state index contributed by atoms with van der Waals surface area (Å²) in [6.45, 7) is 4.95. The third kappa shape index (κ3) is 2.76. The first-order valence-electron chi connectivity index (χ1n) is 5.78. The summed E-state index contributed by atoms with van der Waals surface area (Å²) in [5, 5.41) is 0. The van der Waals surface area contributed by atoms with Crippen LogP contribution in [0.3, 0.4) is 0 Å². The molecule has 1 aliphatic rings. The van der Waals surface area contributed by atoms with Crippen molar-refractivity contribution in [3.05, 3.63) is 35.9 Å². The van der Waals surface area contributed by atoms with Gasteiger partial charge in [-0.05, 0) is 12.5 Å². The third-order valence-electron chi connectivity index (χ3n) is 3.17. The molecule has 2 rings (SSSR count). The molecule has 2 atom stereocenters. The molecule has 0 aromatic heterocycles. The fourth-order valence-electron chi connectivity index (χ4n) is 2.13. The summed E-state index contributed by atoms with van der Waals surface area (Å²) < 4.78 is 5.57. The molecule has 1 heterocycles. The topological polar surface area (TPSA) is 12.5 Å². The molecule has 0 spiro atoms. The molecule has 88 valence electrons. The van der Waals surface area contributed by atoms with Crippen molar-refractivity contribution in [3.8, 4) is 0 Å². The van der Waals surface area contributed by atoms with Crippen molar-refractivity contribution in [1.82, 2.24) is 4.90 Å². The van der Waals surface area contributed by atoms with E-state index in [4.69, 9.17) is 16.3 Å². The highest BCUT2D eigenvalue weighted by molar-refractivity contribution is 6.18. The monoisotopic (exact) mass is 239 g/mol. The van der Waals surface area contributed by atoms with Crippen molar-refractivity contribution in [2.75, 3.05) is 25.6 Å². The van der Waals surface area contributed by atoms with E-state index in [9.17, 15) is 0 Å². The Labute approximate surface area is 102 Å². The van der Waals surface area contributed by atoms with Crippen molar-refractivity contribution in [1.29, 1.82) is 0 Å². The summed E-state index contributed by atoms with van der Waals surface area (Å²) in [6.07, 6.45) is 0.182. The fraction of sp³-hybridized carbons (Fsp3) is 0.538. The average Bonchev–Trinajstić information content (AvgIpc) is 2.39. The van der Waals surface area contributed by atoms with Gasteiger partial charge in [-0.3, -0.25) is 4.90 Å². The number of benzene rings is 1. The number of alkyl halides is 1. The Hall–Kier alpha value is -0.570. The molecule has 0 N–H and O–H groups in total. The van der Waals surface area contributed by atoms with Crippen molar-refractivity contribution < 1.29 is 4.74 Å². The summed E-state index contributed by atoms with van der Waals surface area (Å²) in [5.41, 5.74) is 1.36. The highest BCUT2D eigenvalue weighted by atomic mass is 35.5. The second kappa shape index (κ2) is 5.67. The van der Waals surface area contributed by atoms with E-state index in [0.717, 1.165) is 19.7 Å². The van der Waals surface area contributed by atoms with E-state index < -0.39 is 0 Å².